The minimum absolute atomic E-state index is 0.0794. The summed E-state index contributed by atoms with van der Waals surface area (Å²) in [5.74, 6) is 0.614. The van der Waals surface area contributed by atoms with Crippen molar-refractivity contribution in [1.29, 1.82) is 0 Å². The van der Waals surface area contributed by atoms with Crippen molar-refractivity contribution >= 4 is 11.7 Å². The highest BCUT2D eigenvalue weighted by Gasteiger charge is 2.11. The molecular formula is C10H15N3O. The Kier molecular flexibility index (Phi) is 3.45. The molecule has 4 heteroatoms. The van der Waals surface area contributed by atoms with Crippen LogP contribution in [-0.4, -0.2) is 31.5 Å². The SMILES string of the molecule is CCNC(=O)c1cccnc1N(C)C. The lowest BCUT2D eigenvalue weighted by molar-refractivity contribution is 0.0956. The average Bonchev–Trinajstić information content (AvgIpc) is 2.18. The highest BCUT2D eigenvalue weighted by Crippen LogP contribution is 2.13. The molecule has 0 spiro atoms. The third-order valence-electron chi connectivity index (χ3n) is 1.79. The summed E-state index contributed by atoms with van der Waals surface area (Å²) >= 11 is 0. The lowest BCUT2D eigenvalue weighted by Crippen LogP contribution is -2.25. The molecule has 1 aromatic rings. The molecule has 1 amide bonds. The van der Waals surface area contributed by atoms with Crippen LogP contribution in [0.2, 0.25) is 0 Å². The number of nitrogens with one attached hydrogen (secondary N) is 1. The number of hydrogen-bond acceptors (Lipinski definition) is 3. The molecule has 76 valence electrons. The van der Waals surface area contributed by atoms with Gasteiger partial charge in [0.15, 0.2) is 0 Å². The predicted molar refractivity (Wildman–Crippen MR) is 56.6 cm³/mol. The van der Waals surface area contributed by atoms with Crippen molar-refractivity contribution in [1.82, 2.24) is 10.3 Å². The first kappa shape index (κ1) is 10.5. The molecule has 0 atom stereocenters. The summed E-state index contributed by atoms with van der Waals surface area (Å²) in [5.41, 5.74) is 0.611. The van der Waals surface area contributed by atoms with Crippen molar-refractivity contribution < 1.29 is 4.79 Å². The standard InChI is InChI=1S/C10H15N3O/c1-4-11-10(14)8-6-5-7-12-9(8)13(2)3/h5-7H,4H2,1-3H3,(H,11,14). The van der Waals surface area contributed by atoms with Crippen molar-refractivity contribution in [3.05, 3.63) is 23.9 Å². The number of carbonyl (C=O) groups is 1. The second kappa shape index (κ2) is 4.60. The molecule has 1 N–H and O–H groups in total. The van der Waals surface area contributed by atoms with Gasteiger partial charge in [0.2, 0.25) is 0 Å². The second-order valence-electron chi connectivity index (χ2n) is 3.13. The number of nitrogens with zero attached hydrogens (tertiary/aromatic N) is 2. The molecule has 14 heavy (non-hydrogen) atoms. The quantitative estimate of drug-likeness (QED) is 0.775. The van der Waals surface area contributed by atoms with E-state index < -0.39 is 0 Å². The fourth-order valence-electron chi connectivity index (χ4n) is 1.19. The normalized spacial score (nSPS) is 9.64. The molecule has 0 bridgehead atoms. The molecule has 0 saturated heterocycles. The summed E-state index contributed by atoms with van der Waals surface area (Å²) in [6.07, 6.45) is 1.68. The third-order valence-corrected chi connectivity index (χ3v) is 1.79. The topological polar surface area (TPSA) is 45.2 Å². The van der Waals surface area contributed by atoms with E-state index in [1.807, 2.05) is 25.9 Å². The minimum atomic E-state index is -0.0794. The summed E-state index contributed by atoms with van der Waals surface area (Å²) in [5, 5.41) is 2.75. The first-order valence-electron chi connectivity index (χ1n) is 4.57. The van der Waals surface area contributed by atoms with E-state index in [1.54, 1.807) is 18.3 Å². The number of rotatable bonds is 3. The highest BCUT2D eigenvalue weighted by molar-refractivity contribution is 5.98. The zero-order valence-corrected chi connectivity index (χ0v) is 8.74. The van der Waals surface area contributed by atoms with Crippen molar-refractivity contribution in [2.75, 3.05) is 25.5 Å². The van der Waals surface area contributed by atoms with Gasteiger partial charge in [-0.1, -0.05) is 0 Å². The lowest BCUT2D eigenvalue weighted by Gasteiger charge is -2.14. The number of anilines is 1. The van der Waals surface area contributed by atoms with Gasteiger partial charge in [0.05, 0.1) is 5.56 Å². The van der Waals surface area contributed by atoms with Gasteiger partial charge in [-0.15, -0.1) is 0 Å². The number of aromatic nitrogens is 1. The van der Waals surface area contributed by atoms with Crippen LogP contribution in [-0.2, 0) is 0 Å². The molecular weight excluding hydrogens is 178 g/mol. The van der Waals surface area contributed by atoms with E-state index in [2.05, 4.69) is 10.3 Å². The largest absolute Gasteiger partial charge is 0.362 e. The monoisotopic (exact) mass is 193 g/mol. The maximum absolute atomic E-state index is 11.6. The molecule has 4 nitrogen and oxygen atoms in total. The van der Waals surface area contributed by atoms with Crippen LogP contribution >= 0.6 is 0 Å². The number of carbonyl (C=O) groups excluding carboxylic acids is 1. The van der Waals surface area contributed by atoms with E-state index in [9.17, 15) is 4.79 Å². The molecule has 0 aliphatic heterocycles. The van der Waals surface area contributed by atoms with E-state index in [-0.39, 0.29) is 5.91 Å². The van der Waals surface area contributed by atoms with Gasteiger partial charge in [0, 0.05) is 26.8 Å². The Morgan fingerprint density at radius 3 is 2.86 bits per heavy atom. The van der Waals surface area contributed by atoms with Gasteiger partial charge in [-0.25, -0.2) is 4.98 Å². The third kappa shape index (κ3) is 2.22. The Bertz CT molecular complexity index is 323. The van der Waals surface area contributed by atoms with Crippen LogP contribution in [0.15, 0.2) is 18.3 Å². The van der Waals surface area contributed by atoms with Gasteiger partial charge in [-0.05, 0) is 19.1 Å². The first-order chi connectivity index (χ1) is 6.66. The molecule has 0 aliphatic rings. The van der Waals surface area contributed by atoms with E-state index in [1.165, 1.54) is 0 Å². The Morgan fingerprint density at radius 1 is 1.57 bits per heavy atom. The van der Waals surface area contributed by atoms with E-state index in [4.69, 9.17) is 0 Å². The van der Waals surface area contributed by atoms with E-state index in [0.717, 1.165) is 0 Å². The highest BCUT2D eigenvalue weighted by atomic mass is 16.1. The van der Waals surface area contributed by atoms with Crippen LogP contribution in [0.3, 0.4) is 0 Å². The fourth-order valence-corrected chi connectivity index (χ4v) is 1.19. The Labute approximate surface area is 83.9 Å². The molecule has 0 saturated carbocycles. The predicted octanol–water partition coefficient (Wildman–Crippen LogP) is 0.897. The summed E-state index contributed by atoms with van der Waals surface area (Å²) in [7, 11) is 3.73. The Balaban J connectivity index is 3.00. The van der Waals surface area contributed by atoms with Crippen LogP contribution < -0.4 is 10.2 Å². The van der Waals surface area contributed by atoms with Crippen molar-refractivity contribution in [3.63, 3.8) is 0 Å². The van der Waals surface area contributed by atoms with Gasteiger partial charge in [0.25, 0.3) is 5.91 Å². The van der Waals surface area contributed by atoms with Crippen molar-refractivity contribution in [3.8, 4) is 0 Å². The van der Waals surface area contributed by atoms with Crippen LogP contribution in [0.1, 0.15) is 17.3 Å². The van der Waals surface area contributed by atoms with Crippen molar-refractivity contribution in [2.45, 2.75) is 6.92 Å². The molecule has 0 unspecified atom stereocenters. The van der Waals surface area contributed by atoms with Crippen molar-refractivity contribution in [2.24, 2.45) is 0 Å². The zero-order valence-electron chi connectivity index (χ0n) is 8.74. The molecule has 1 heterocycles. The molecule has 0 fully saturated rings. The van der Waals surface area contributed by atoms with Gasteiger partial charge in [-0.3, -0.25) is 4.79 Å². The summed E-state index contributed by atoms with van der Waals surface area (Å²) in [6.45, 7) is 2.52. The Hall–Kier alpha value is -1.58. The van der Waals surface area contributed by atoms with E-state index >= 15 is 0 Å². The van der Waals surface area contributed by atoms with Crippen LogP contribution in [0.5, 0.6) is 0 Å². The van der Waals surface area contributed by atoms with Crippen LogP contribution in [0.25, 0.3) is 0 Å². The first-order valence-corrected chi connectivity index (χ1v) is 4.57. The van der Waals surface area contributed by atoms with Gasteiger partial charge in [0.1, 0.15) is 5.82 Å². The summed E-state index contributed by atoms with van der Waals surface area (Å²) in [6, 6.07) is 3.53. The maximum Gasteiger partial charge on any atom is 0.255 e. The smallest absolute Gasteiger partial charge is 0.255 e. The number of amides is 1. The Morgan fingerprint density at radius 2 is 2.29 bits per heavy atom. The lowest BCUT2D eigenvalue weighted by atomic mass is 10.2. The number of pyridine rings is 1. The molecule has 0 aromatic carbocycles. The van der Waals surface area contributed by atoms with Crippen LogP contribution in [0.4, 0.5) is 5.82 Å². The molecule has 1 aromatic heterocycles. The zero-order chi connectivity index (χ0) is 10.6. The summed E-state index contributed by atoms with van der Waals surface area (Å²) in [4.78, 5) is 17.6. The molecule has 0 radical (unpaired) electrons. The average molecular weight is 193 g/mol. The molecule has 1 rings (SSSR count). The maximum atomic E-state index is 11.6. The fraction of sp³-hybridized carbons (Fsp3) is 0.400. The summed E-state index contributed by atoms with van der Waals surface area (Å²) < 4.78 is 0. The van der Waals surface area contributed by atoms with Gasteiger partial charge < -0.3 is 10.2 Å². The van der Waals surface area contributed by atoms with Gasteiger partial charge >= 0.3 is 0 Å². The van der Waals surface area contributed by atoms with Crippen LogP contribution in [0, 0.1) is 0 Å². The minimum Gasteiger partial charge on any atom is -0.362 e. The molecule has 0 aliphatic carbocycles. The van der Waals surface area contributed by atoms with E-state index in [0.29, 0.717) is 17.9 Å². The van der Waals surface area contributed by atoms with Gasteiger partial charge in [-0.2, -0.15) is 0 Å². The second-order valence-corrected chi connectivity index (χ2v) is 3.13. The number of hydrogen-bond donors (Lipinski definition) is 1.